The molecule has 0 aromatic heterocycles. The molecule has 4 nitrogen and oxygen atoms in total. The standard InChI is InChI=1S/C8H18N2O2/c1-4-7(8(11)10-9)12-5-6(2)3/h6-7H,4-5,9H2,1-3H3,(H,10,11). The Bertz CT molecular complexity index is 137. The fourth-order valence-corrected chi connectivity index (χ4v) is 0.780. The van der Waals surface area contributed by atoms with Gasteiger partial charge >= 0.3 is 0 Å². The maximum atomic E-state index is 11.0. The average molecular weight is 174 g/mol. The lowest BCUT2D eigenvalue weighted by Gasteiger charge is -2.15. The summed E-state index contributed by atoms with van der Waals surface area (Å²) < 4.78 is 5.31. The predicted molar refractivity (Wildman–Crippen MR) is 47.2 cm³/mol. The lowest BCUT2D eigenvalue weighted by molar-refractivity contribution is -0.133. The van der Waals surface area contributed by atoms with E-state index in [2.05, 4.69) is 5.43 Å². The van der Waals surface area contributed by atoms with E-state index in [1.165, 1.54) is 0 Å². The van der Waals surface area contributed by atoms with Crippen molar-refractivity contribution in [2.45, 2.75) is 33.3 Å². The number of hydrogen-bond donors (Lipinski definition) is 2. The van der Waals surface area contributed by atoms with E-state index in [0.717, 1.165) is 0 Å². The maximum Gasteiger partial charge on any atom is 0.262 e. The number of rotatable bonds is 5. The second kappa shape index (κ2) is 5.97. The molecule has 0 radical (unpaired) electrons. The smallest absolute Gasteiger partial charge is 0.262 e. The zero-order valence-corrected chi connectivity index (χ0v) is 7.96. The van der Waals surface area contributed by atoms with E-state index in [9.17, 15) is 4.79 Å². The van der Waals surface area contributed by atoms with Crippen molar-refractivity contribution in [3.8, 4) is 0 Å². The Morgan fingerprint density at radius 3 is 2.50 bits per heavy atom. The maximum absolute atomic E-state index is 11.0. The quantitative estimate of drug-likeness (QED) is 0.361. The van der Waals surface area contributed by atoms with Crippen LogP contribution in [0.1, 0.15) is 27.2 Å². The number of hydrogen-bond acceptors (Lipinski definition) is 3. The molecule has 1 unspecified atom stereocenters. The van der Waals surface area contributed by atoms with Crippen LogP contribution in [0.2, 0.25) is 0 Å². The minimum Gasteiger partial charge on any atom is -0.368 e. The van der Waals surface area contributed by atoms with Crippen molar-refractivity contribution in [3.05, 3.63) is 0 Å². The van der Waals surface area contributed by atoms with E-state index in [1.54, 1.807) is 0 Å². The van der Waals surface area contributed by atoms with Crippen molar-refractivity contribution < 1.29 is 9.53 Å². The largest absolute Gasteiger partial charge is 0.368 e. The van der Waals surface area contributed by atoms with Gasteiger partial charge in [-0.25, -0.2) is 5.84 Å². The predicted octanol–water partition coefficient (Wildman–Crippen LogP) is 0.428. The first-order valence-corrected chi connectivity index (χ1v) is 4.23. The third-order valence-electron chi connectivity index (χ3n) is 1.44. The molecule has 0 aliphatic rings. The van der Waals surface area contributed by atoms with Crippen LogP contribution in [0.25, 0.3) is 0 Å². The Balaban J connectivity index is 3.75. The number of carbonyl (C=O) groups is 1. The fourth-order valence-electron chi connectivity index (χ4n) is 0.780. The summed E-state index contributed by atoms with van der Waals surface area (Å²) in [5, 5.41) is 0. The van der Waals surface area contributed by atoms with Gasteiger partial charge in [0.15, 0.2) is 0 Å². The molecule has 0 spiro atoms. The van der Waals surface area contributed by atoms with Crippen molar-refractivity contribution in [2.75, 3.05) is 6.61 Å². The summed E-state index contributed by atoms with van der Waals surface area (Å²) in [6.07, 6.45) is 0.243. The molecule has 0 aliphatic carbocycles. The molecular formula is C8H18N2O2. The van der Waals surface area contributed by atoms with Crippen LogP contribution >= 0.6 is 0 Å². The Hall–Kier alpha value is -0.610. The van der Waals surface area contributed by atoms with Gasteiger partial charge in [0.05, 0.1) is 0 Å². The van der Waals surface area contributed by atoms with Gasteiger partial charge in [0, 0.05) is 6.61 Å². The molecule has 0 saturated carbocycles. The molecule has 0 fully saturated rings. The number of ether oxygens (including phenoxy) is 1. The van der Waals surface area contributed by atoms with Gasteiger partial charge in [-0.05, 0) is 12.3 Å². The van der Waals surface area contributed by atoms with E-state index in [1.807, 2.05) is 20.8 Å². The second-order valence-electron chi connectivity index (χ2n) is 3.13. The summed E-state index contributed by atoms with van der Waals surface area (Å²) in [7, 11) is 0. The Morgan fingerprint density at radius 2 is 2.17 bits per heavy atom. The first kappa shape index (κ1) is 11.4. The van der Waals surface area contributed by atoms with Crippen LogP contribution in [0.4, 0.5) is 0 Å². The molecule has 4 heteroatoms. The Kier molecular flexibility index (Phi) is 5.66. The Morgan fingerprint density at radius 1 is 1.58 bits per heavy atom. The van der Waals surface area contributed by atoms with Gasteiger partial charge in [-0.2, -0.15) is 0 Å². The summed E-state index contributed by atoms with van der Waals surface area (Å²) in [4.78, 5) is 11.0. The van der Waals surface area contributed by atoms with Gasteiger partial charge in [-0.15, -0.1) is 0 Å². The molecule has 0 aliphatic heterocycles. The molecule has 0 aromatic carbocycles. The monoisotopic (exact) mass is 174 g/mol. The van der Waals surface area contributed by atoms with Crippen molar-refractivity contribution >= 4 is 5.91 Å². The van der Waals surface area contributed by atoms with Crippen LogP contribution in [-0.4, -0.2) is 18.6 Å². The SMILES string of the molecule is CCC(OCC(C)C)C(=O)NN. The van der Waals surface area contributed by atoms with Crippen LogP contribution in [0.5, 0.6) is 0 Å². The van der Waals surface area contributed by atoms with Gasteiger partial charge in [-0.1, -0.05) is 20.8 Å². The summed E-state index contributed by atoms with van der Waals surface area (Å²) in [6, 6.07) is 0. The van der Waals surface area contributed by atoms with Gasteiger partial charge in [0.1, 0.15) is 6.10 Å². The minimum atomic E-state index is -0.405. The van der Waals surface area contributed by atoms with Crippen LogP contribution in [-0.2, 0) is 9.53 Å². The van der Waals surface area contributed by atoms with Gasteiger partial charge < -0.3 is 4.74 Å². The summed E-state index contributed by atoms with van der Waals surface area (Å²) in [5.41, 5.74) is 2.08. The third-order valence-corrected chi connectivity index (χ3v) is 1.44. The van der Waals surface area contributed by atoms with Crippen molar-refractivity contribution in [1.29, 1.82) is 0 Å². The number of nitrogens with one attached hydrogen (secondary N) is 1. The normalized spacial score (nSPS) is 13.1. The lowest BCUT2D eigenvalue weighted by Crippen LogP contribution is -2.40. The number of carbonyl (C=O) groups excluding carboxylic acids is 1. The van der Waals surface area contributed by atoms with Crippen LogP contribution < -0.4 is 11.3 Å². The molecule has 0 aromatic rings. The molecule has 1 amide bonds. The van der Waals surface area contributed by atoms with Crippen molar-refractivity contribution in [2.24, 2.45) is 11.8 Å². The molecule has 12 heavy (non-hydrogen) atoms. The second-order valence-corrected chi connectivity index (χ2v) is 3.13. The summed E-state index contributed by atoms with van der Waals surface area (Å²) in [5.74, 6) is 5.16. The van der Waals surface area contributed by atoms with Crippen LogP contribution in [0, 0.1) is 5.92 Å². The molecule has 0 heterocycles. The zero-order valence-electron chi connectivity index (χ0n) is 7.96. The summed E-state index contributed by atoms with van der Waals surface area (Å²) in [6.45, 7) is 6.55. The highest BCUT2D eigenvalue weighted by molar-refractivity contribution is 5.79. The summed E-state index contributed by atoms with van der Waals surface area (Å²) >= 11 is 0. The topological polar surface area (TPSA) is 64.3 Å². The van der Waals surface area contributed by atoms with E-state index >= 15 is 0 Å². The van der Waals surface area contributed by atoms with Crippen molar-refractivity contribution in [1.82, 2.24) is 5.43 Å². The van der Waals surface area contributed by atoms with Gasteiger partial charge in [0.25, 0.3) is 5.91 Å². The molecule has 0 bridgehead atoms. The van der Waals surface area contributed by atoms with Crippen molar-refractivity contribution in [3.63, 3.8) is 0 Å². The molecule has 1 atom stereocenters. The van der Waals surface area contributed by atoms with Crippen LogP contribution in [0.15, 0.2) is 0 Å². The molecular weight excluding hydrogens is 156 g/mol. The van der Waals surface area contributed by atoms with E-state index in [0.29, 0.717) is 18.9 Å². The molecule has 0 rings (SSSR count). The third kappa shape index (κ3) is 4.31. The average Bonchev–Trinajstić information content (AvgIpc) is 2.04. The van der Waals surface area contributed by atoms with Gasteiger partial charge in [-0.3, -0.25) is 10.2 Å². The molecule has 0 saturated heterocycles. The molecule has 72 valence electrons. The van der Waals surface area contributed by atoms with Gasteiger partial charge in [0.2, 0.25) is 0 Å². The highest BCUT2D eigenvalue weighted by atomic mass is 16.5. The number of nitrogens with two attached hydrogens (primary N) is 1. The highest BCUT2D eigenvalue weighted by Gasteiger charge is 2.15. The lowest BCUT2D eigenvalue weighted by atomic mass is 10.2. The number of amides is 1. The highest BCUT2D eigenvalue weighted by Crippen LogP contribution is 2.01. The van der Waals surface area contributed by atoms with E-state index in [-0.39, 0.29) is 5.91 Å². The zero-order chi connectivity index (χ0) is 9.56. The number of hydrazine groups is 1. The van der Waals surface area contributed by atoms with Crippen LogP contribution in [0.3, 0.4) is 0 Å². The first-order chi connectivity index (χ1) is 5.61. The fraction of sp³-hybridized carbons (Fsp3) is 0.875. The molecule has 3 N–H and O–H groups in total. The first-order valence-electron chi connectivity index (χ1n) is 4.23. The van der Waals surface area contributed by atoms with E-state index in [4.69, 9.17) is 10.6 Å². The minimum absolute atomic E-state index is 0.252. The van der Waals surface area contributed by atoms with E-state index < -0.39 is 6.10 Å². The Labute approximate surface area is 73.4 Å².